The lowest BCUT2D eigenvalue weighted by atomic mass is 10.1. The molecule has 0 aromatic carbocycles. The molecule has 1 saturated carbocycles. The molecular formula is C16H22ClN5O2. The van der Waals surface area contributed by atoms with E-state index in [9.17, 15) is 5.11 Å². The summed E-state index contributed by atoms with van der Waals surface area (Å²) < 4.78 is 9.48. The Kier molecular flexibility index (Phi) is 4.58. The summed E-state index contributed by atoms with van der Waals surface area (Å²) in [7, 11) is 0. The van der Waals surface area contributed by atoms with Crippen LogP contribution in [-0.4, -0.2) is 43.2 Å². The second-order valence-corrected chi connectivity index (χ2v) is 7.08. The van der Waals surface area contributed by atoms with Gasteiger partial charge in [0.1, 0.15) is 12.4 Å². The standard InChI is InChI=1S/C16H22ClN5O2/c17-12-5-20-21(9-12)8-11-3-14(15(23)4-11)18-6-13-7-19-16-10-24-2-1-22(13)16/h5,7,9,11,14-15,18,23H,1-4,6,8,10H2/t11?,14-,15-/m1/s1. The number of fused-ring (bicyclic) bond motifs is 1. The van der Waals surface area contributed by atoms with Gasteiger partial charge in [0.15, 0.2) is 0 Å². The number of hydrogen-bond acceptors (Lipinski definition) is 5. The lowest BCUT2D eigenvalue weighted by molar-refractivity contribution is 0.0802. The number of halogens is 1. The minimum atomic E-state index is -0.326. The van der Waals surface area contributed by atoms with E-state index < -0.39 is 0 Å². The number of nitrogens with one attached hydrogen (secondary N) is 1. The Morgan fingerprint density at radius 2 is 2.29 bits per heavy atom. The molecule has 130 valence electrons. The van der Waals surface area contributed by atoms with Crippen molar-refractivity contribution < 1.29 is 9.84 Å². The predicted octanol–water partition coefficient (Wildman–Crippen LogP) is 1.19. The van der Waals surface area contributed by atoms with Crippen molar-refractivity contribution in [3.8, 4) is 0 Å². The molecule has 1 aliphatic heterocycles. The quantitative estimate of drug-likeness (QED) is 0.846. The van der Waals surface area contributed by atoms with Crippen LogP contribution < -0.4 is 5.32 Å². The second kappa shape index (κ2) is 6.84. The maximum absolute atomic E-state index is 10.3. The SMILES string of the molecule is O[C@@H]1CC(Cn2cc(Cl)cn2)C[C@H]1NCc1cnc2n1CCOC2. The monoisotopic (exact) mass is 351 g/mol. The van der Waals surface area contributed by atoms with Gasteiger partial charge in [0.2, 0.25) is 0 Å². The van der Waals surface area contributed by atoms with Crippen molar-refractivity contribution in [2.45, 2.75) is 51.2 Å². The molecule has 1 fully saturated rings. The van der Waals surface area contributed by atoms with Crippen molar-refractivity contribution in [2.75, 3.05) is 6.61 Å². The van der Waals surface area contributed by atoms with Gasteiger partial charge >= 0.3 is 0 Å². The van der Waals surface area contributed by atoms with E-state index in [1.54, 1.807) is 6.20 Å². The van der Waals surface area contributed by atoms with E-state index in [0.29, 0.717) is 17.5 Å². The Labute approximate surface area is 145 Å². The summed E-state index contributed by atoms with van der Waals surface area (Å²) in [4.78, 5) is 4.41. The van der Waals surface area contributed by atoms with E-state index in [1.807, 2.05) is 17.1 Å². The number of aliphatic hydroxyl groups is 1. The van der Waals surface area contributed by atoms with Crippen LogP contribution in [0.3, 0.4) is 0 Å². The molecule has 2 N–H and O–H groups in total. The Bertz CT molecular complexity index is 700. The van der Waals surface area contributed by atoms with Crippen LogP contribution in [0.5, 0.6) is 0 Å². The van der Waals surface area contributed by atoms with Gasteiger partial charge in [-0.1, -0.05) is 11.6 Å². The first kappa shape index (κ1) is 16.1. The zero-order valence-electron chi connectivity index (χ0n) is 13.4. The van der Waals surface area contributed by atoms with Gasteiger partial charge in [-0.15, -0.1) is 0 Å². The third kappa shape index (κ3) is 3.35. The molecule has 1 unspecified atom stereocenters. The van der Waals surface area contributed by atoms with Crippen LogP contribution >= 0.6 is 11.6 Å². The largest absolute Gasteiger partial charge is 0.391 e. The predicted molar refractivity (Wildman–Crippen MR) is 88.5 cm³/mol. The van der Waals surface area contributed by atoms with Crippen molar-refractivity contribution in [1.29, 1.82) is 0 Å². The highest BCUT2D eigenvalue weighted by Crippen LogP contribution is 2.28. The molecule has 4 rings (SSSR count). The summed E-state index contributed by atoms with van der Waals surface area (Å²) in [5.41, 5.74) is 1.16. The topological polar surface area (TPSA) is 77.1 Å². The van der Waals surface area contributed by atoms with Gasteiger partial charge in [-0.25, -0.2) is 4.98 Å². The molecule has 0 bridgehead atoms. The van der Waals surface area contributed by atoms with Crippen LogP contribution in [0, 0.1) is 5.92 Å². The van der Waals surface area contributed by atoms with E-state index in [0.717, 1.165) is 50.6 Å². The molecule has 3 heterocycles. The summed E-state index contributed by atoms with van der Waals surface area (Å²) in [5.74, 6) is 1.39. The van der Waals surface area contributed by atoms with Gasteiger partial charge in [-0.2, -0.15) is 5.10 Å². The lowest BCUT2D eigenvalue weighted by Gasteiger charge is -2.20. The molecule has 0 amide bonds. The van der Waals surface area contributed by atoms with E-state index in [1.165, 1.54) is 0 Å². The first-order valence-electron chi connectivity index (χ1n) is 8.39. The highest BCUT2D eigenvalue weighted by atomic mass is 35.5. The van der Waals surface area contributed by atoms with Crippen LogP contribution in [0.15, 0.2) is 18.6 Å². The molecule has 0 saturated heterocycles. The van der Waals surface area contributed by atoms with E-state index in [2.05, 4.69) is 20.0 Å². The number of ether oxygens (including phenoxy) is 1. The molecule has 2 aromatic rings. The Morgan fingerprint density at radius 1 is 1.38 bits per heavy atom. The molecule has 2 aromatic heterocycles. The van der Waals surface area contributed by atoms with Gasteiger partial charge in [0.25, 0.3) is 0 Å². The zero-order chi connectivity index (χ0) is 16.5. The highest BCUT2D eigenvalue weighted by Gasteiger charge is 2.33. The number of imidazole rings is 1. The van der Waals surface area contributed by atoms with Gasteiger partial charge < -0.3 is 19.7 Å². The van der Waals surface area contributed by atoms with Crippen molar-refractivity contribution in [3.05, 3.63) is 35.1 Å². The van der Waals surface area contributed by atoms with Gasteiger partial charge in [0.05, 0.1) is 29.6 Å². The molecule has 8 heteroatoms. The second-order valence-electron chi connectivity index (χ2n) is 6.64. The average Bonchev–Trinajstić information content (AvgIpc) is 3.25. The summed E-state index contributed by atoms with van der Waals surface area (Å²) in [6.45, 7) is 3.68. The fraction of sp³-hybridized carbons (Fsp3) is 0.625. The smallest absolute Gasteiger partial charge is 0.135 e. The summed E-state index contributed by atoms with van der Waals surface area (Å²) in [5, 5.41) is 18.7. The zero-order valence-corrected chi connectivity index (χ0v) is 14.2. The molecule has 0 spiro atoms. The van der Waals surface area contributed by atoms with E-state index >= 15 is 0 Å². The van der Waals surface area contributed by atoms with Crippen molar-refractivity contribution in [1.82, 2.24) is 24.6 Å². The van der Waals surface area contributed by atoms with Gasteiger partial charge in [0, 0.05) is 38.1 Å². The number of aromatic nitrogens is 4. The molecular weight excluding hydrogens is 330 g/mol. The average molecular weight is 352 g/mol. The lowest BCUT2D eigenvalue weighted by Crippen LogP contribution is -2.36. The number of hydrogen-bond donors (Lipinski definition) is 2. The van der Waals surface area contributed by atoms with Gasteiger partial charge in [-0.05, 0) is 18.8 Å². The minimum absolute atomic E-state index is 0.104. The molecule has 1 aliphatic carbocycles. The van der Waals surface area contributed by atoms with Crippen LogP contribution in [-0.2, 0) is 31.0 Å². The van der Waals surface area contributed by atoms with Crippen LogP contribution in [0.25, 0.3) is 0 Å². The molecule has 24 heavy (non-hydrogen) atoms. The Balaban J connectivity index is 1.33. The van der Waals surface area contributed by atoms with E-state index in [-0.39, 0.29) is 12.1 Å². The summed E-state index contributed by atoms with van der Waals surface area (Å²) in [6.07, 6.45) is 6.77. The third-order valence-corrected chi connectivity index (χ3v) is 5.13. The first-order chi connectivity index (χ1) is 11.7. The first-order valence-corrected chi connectivity index (χ1v) is 8.77. The Morgan fingerprint density at radius 3 is 3.12 bits per heavy atom. The maximum Gasteiger partial charge on any atom is 0.135 e. The van der Waals surface area contributed by atoms with Crippen LogP contribution in [0.1, 0.15) is 24.4 Å². The molecule has 3 atom stereocenters. The van der Waals surface area contributed by atoms with Crippen LogP contribution in [0.2, 0.25) is 5.02 Å². The fourth-order valence-corrected chi connectivity index (χ4v) is 3.88. The Hall–Kier alpha value is -1.41. The van der Waals surface area contributed by atoms with Gasteiger partial charge in [-0.3, -0.25) is 4.68 Å². The third-order valence-electron chi connectivity index (χ3n) is 4.93. The number of nitrogens with zero attached hydrogens (tertiary/aromatic N) is 4. The number of rotatable bonds is 5. The molecule has 2 aliphatic rings. The van der Waals surface area contributed by atoms with Crippen molar-refractivity contribution in [2.24, 2.45) is 5.92 Å². The van der Waals surface area contributed by atoms with Crippen molar-refractivity contribution in [3.63, 3.8) is 0 Å². The van der Waals surface area contributed by atoms with Crippen LogP contribution in [0.4, 0.5) is 0 Å². The molecule has 0 radical (unpaired) electrons. The fourth-order valence-electron chi connectivity index (χ4n) is 3.73. The number of aliphatic hydroxyl groups excluding tert-OH is 1. The summed E-state index contributed by atoms with van der Waals surface area (Å²) >= 11 is 5.91. The van der Waals surface area contributed by atoms with E-state index in [4.69, 9.17) is 16.3 Å². The highest BCUT2D eigenvalue weighted by molar-refractivity contribution is 6.30. The normalized spacial score (nSPS) is 26.7. The summed E-state index contributed by atoms with van der Waals surface area (Å²) in [6, 6.07) is 0.104. The maximum atomic E-state index is 10.3. The van der Waals surface area contributed by atoms with Crippen molar-refractivity contribution >= 4 is 11.6 Å². The molecule has 7 nitrogen and oxygen atoms in total. The minimum Gasteiger partial charge on any atom is -0.391 e.